The summed E-state index contributed by atoms with van der Waals surface area (Å²) in [5.41, 5.74) is 7.41. The SMILES string of the molecule is Cc1ncc(Nc2nc(N[C@@H]3CCC[C@@H](OCc4ccccc4)[C@@H]3NC(=O)OC(C)(C)C)c(F)cc2C(N)=O)cc1-n1nccn1. The van der Waals surface area contributed by atoms with Crippen molar-refractivity contribution < 1.29 is 23.5 Å². The third-order valence-corrected chi connectivity index (χ3v) is 7.35. The van der Waals surface area contributed by atoms with E-state index in [4.69, 9.17) is 15.2 Å². The zero-order chi connectivity index (χ0) is 32.8. The number of benzene rings is 1. The summed E-state index contributed by atoms with van der Waals surface area (Å²) in [6, 6.07) is 11.4. The largest absolute Gasteiger partial charge is 0.444 e. The number of hydrogen-bond acceptors (Lipinski definition) is 10. The number of aromatic nitrogens is 5. The molecule has 1 aliphatic rings. The Hall–Kier alpha value is -5.11. The quantitative estimate of drug-likeness (QED) is 0.191. The molecule has 1 fully saturated rings. The maximum atomic E-state index is 15.5. The van der Waals surface area contributed by atoms with E-state index < -0.39 is 41.6 Å². The van der Waals surface area contributed by atoms with Gasteiger partial charge in [-0.15, -0.1) is 4.80 Å². The van der Waals surface area contributed by atoms with Crippen molar-refractivity contribution in [1.82, 2.24) is 30.3 Å². The van der Waals surface area contributed by atoms with Gasteiger partial charge in [-0.25, -0.2) is 14.2 Å². The molecule has 0 bridgehead atoms. The number of amides is 2. The van der Waals surface area contributed by atoms with Crippen molar-refractivity contribution >= 4 is 29.3 Å². The molecule has 0 aliphatic heterocycles. The van der Waals surface area contributed by atoms with E-state index in [0.717, 1.165) is 18.1 Å². The lowest BCUT2D eigenvalue weighted by Gasteiger charge is -2.39. The Bertz CT molecular complexity index is 1660. The average Bonchev–Trinajstić information content (AvgIpc) is 3.54. The van der Waals surface area contributed by atoms with Gasteiger partial charge in [-0.05, 0) is 64.7 Å². The van der Waals surface area contributed by atoms with Crippen LogP contribution in [0.4, 0.5) is 26.5 Å². The Morgan fingerprint density at radius 3 is 2.52 bits per heavy atom. The molecule has 46 heavy (non-hydrogen) atoms. The summed E-state index contributed by atoms with van der Waals surface area (Å²) in [5.74, 6) is -1.77. The van der Waals surface area contributed by atoms with Gasteiger partial charge in [-0.1, -0.05) is 30.3 Å². The maximum Gasteiger partial charge on any atom is 0.408 e. The number of ether oxygens (including phenoxy) is 2. The van der Waals surface area contributed by atoms with E-state index in [1.165, 1.54) is 17.2 Å². The Morgan fingerprint density at radius 2 is 1.83 bits per heavy atom. The molecule has 3 heterocycles. The number of nitrogens with one attached hydrogen (secondary N) is 3. The van der Waals surface area contributed by atoms with Crippen molar-refractivity contribution in [1.29, 1.82) is 0 Å². The van der Waals surface area contributed by atoms with Gasteiger partial charge in [-0.3, -0.25) is 9.78 Å². The molecule has 242 valence electrons. The summed E-state index contributed by atoms with van der Waals surface area (Å²) in [6.07, 6.45) is 5.59. The van der Waals surface area contributed by atoms with E-state index >= 15 is 4.39 Å². The minimum Gasteiger partial charge on any atom is -0.444 e. The Balaban J connectivity index is 1.42. The smallest absolute Gasteiger partial charge is 0.408 e. The third-order valence-electron chi connectivity index (χ3n) is 7.35. The third kappa shape index (κ3) is 8.13. The molecule has 1 saturated carbocycles. The van der Waals surface area contributed by atoms with Gasteiger partial charge in [0.15, 0.2) is 11.6 Å². The van der Waals surface area contributed by atoms with E-state index in [0.29, 0.717) is 36.5 Å². The first-order chi connectivity index (χ1) is 22.0. The molecule has 1 aromatic carbocycles. The number of pyridine rings is 2. The van der Waals surface area contributed by atoms with Crippen LogP contribution < -0.4 is 21.7 Å². The lowest BCUT2D eigenvalue weighted by molar-refractivity contribution is -0.0146. The minimum absolute atomic E-state index is 0.0192. The summed E-state index contributed by atoms with van der Waals surface area (Å²) in [5, 5.41) is 17.5. The highest BCUT2D eigenvalue weighted by atomic mass is 19.1. The highest BCUT2D eigenvalue weighted by Gasteiger charge is 2.37. The topological polar surface area (TPSA) is 171 Å². The molecular formula is C32H38FN9O4. The number of hydrogen-bond donors (Lipinski definition) is 4. The second-order valence-corrected chi connectivity index (χ2v) is 12.0. The number of halogens is 1. The molecule has 0 saturated heterocycles. The van der Waals surface area contributed by atoms with Crippen LogP contribution >= 0.6 is 0 Å². The minimum atomic E-state index is -0.869. The van der Waals surface area contributed by atoms with Crippen LogP contribution in [-0.4, -0.2) is 60.8 Å². The number of nitrogens with two attached hydrogens (primary N) is 1. The summed E-state index contributed by atoms with van der Waals surface area (Å²) in [7, 11) is 0. The second kappa shape index (κ2) is 13.9. The number of carbonyl (C=O) groups excluding carboxylic acids is 2. The predicted octanol–water partition coefficient (Wildman–Crippen LogP) is 4.79. The molecule has 1 aliphatic carbocycles. The van der Waals surface area contributed by atoms with Gasteiger partial charge in [0.2, 0.25) is 0 Å². The summed E-state index contributed by atoms with van der Waals surface area (Å²) < 4.78 is 27.4. The van der Waals surface area contributed by atoms with E-state index in [9.17, 15) is 9.59 Å². The molecule has 0 spiro atoms. The summed E-state index contributed by atoms with van der Waals surface area (Å²) in [4.78, 5) is 35.5. The molecule has 3 aromatic heterocycles. The average molecular weight is 632 g/mol. The first kappa shape index (κ1) is 32.3. The van der Waals surface area contributed by atoms with E-state index in [-0.39, 0.29) is 17.2 Å². The molecular weight excluding hydrogens is 593 g/mol. The zero-order valence-electron chi connectivity index (χ0n) is 26.2. The van der Waals surface area contributed by atoms with Crippen LogP contribution in [0.1, 0.15) is 61.6 Å². The Morgan fingerprint density at radius 1 is 1.09 bits per heavy atom. The molecule has 0 radical (unpaired) electrons. The standard InChI is InChI=1S/C32H38FN9O4/c1-19-25(42-36-13-14-37-42)15-21(17-35-19)38-29-22(28(34)43)16-23(33)30(41-29)39-24-11-8-12-26(45-18-20-9-6-5-7-10-20)27(24)40-31(44)46-32(2,3)4/h5-7,9-10,13-17,24,26-27H,8,11-12,18H2,1-4H3,(H2,34,43)(H,40,44)(H2,38,39,41)/t24-,26-,27-/m1/s1. The fourth-order valence-corrected chi connectivity index (χ4v) is 5.24. The molecule has 13 nitrogen and oxygen atoms in total. The van der Waals surface area contributed by atoms with Crippen LogP contribution in [0, 0.1) is 12.7 Å². The number of aryl methyl sites for hydroxylation is 1. The van der Waals surface area contributed by atoms with Crippen LogP contribution in [0.2, 0.25) is 0 Å². The van der Waals surface area contributed by atoms with Crippen molar-refractivity contribution in [3.8, 4) is 5.69 Å². The van der Waals surface area contributed by atoms with E-state index in [1.54, 1.807) is 40.0 Å². The number of nitrogens with zero attached hydrogens (tertiary/aromatic N) is 5. The highest BCUT2D eigenvalue weighted by molar-refractivity contribution is 5.98. The van der Waals surface area contributed by atoms with Crippen LogP contribution in [0.5, 0.6) is 0 Å². The number of primary amides is 1. The lowest BCUT2D eigenvalue weighted by atomic mass is 9.87. The van der Waals surface area contributed by atoms with Crippen molar-refractivity contribution in [3.63, 3.8) is 0 Å². The number of rotatable bonds is 10. The first-order valence-electron chi connectivity index (χ1n) is 15.0. The van der Waals surface area contributed by atoms with E-state index in [1.807, 2.05) is 30.3 Å². The second-order valence-electron chi connectivity index (χ2n) is 12.0. The summed E-state index contributed by atoms with van der Waals surface area (Å²) >= 11 is 0. The van der Waals surface area contributed by atoms with Crippen molar-refractivity contribution in [2.45, 2.75) is 77.4 Å². The Kier molecular flexibility index (Phi) is 9.75. The van der Waals surface area contributed by atoms with Crippen molar-refractivity contribution in [2.24, 2.45) is 5.73 Å². The molecule has 5 N–H and O–H groups in total. The molecule has 4 aromatic rings. The van der Waals surface area contributed by atoms with Crippen LogP contribution in [-0.2, 0) is 16.1 Å². The van der Waals surface area contributed by atoms with Crippen LogP contribution in [0.3, 0.4) is 0 Å². The van der Waals surface area contributed by atoms with Gasteiger partial charge >= 0.3 is 6.09 Å². The monoisotopic (exact) mass is 631 g/mol. The van der Waals surface area contributed by atoms with Gasteiger partial charge in [0.25, 0.3) is 5.91 Å². The number of carbonyl (C=O) groups is 2. The zero-order valence-corrected chi connectivity index (χ0v) is 26.2. The Labute approximate surface area is 266 Å². The maximum absolute atomic E-state index is 15.5. The number of alkyl carbamates (subject to hydrolysis) is 1. The van der Waals surface area contributed by atoms with Gasteiger partial charge in [0.1, 0.15) is 17.1 Å². The normalized spacial score (nSPS) is 18.1. The first-order valence-corrected chi connectivity index (χ1v) is 15.0. The fraction of sp³-hybridized carbons (Fsp3) is 0.375. The molecule has 0 unspecified atom stereocenters. The molecule has 2 amide bonds. The lowest BCUT2D eigenvalue weighted by Crippen LogP contribution is -2.57. The van der Waals surface area contributed by atoms with Gasteiger partial charge in [0, 0.05) is 0 Å². The molecule has 14 heteroatoms. The molecule has 5 rings (SSSR count). The van der Waals surface area contributed by atoms with Gasteiger partial charge in [0.05, 0.1) is 60.3 Å². The molecule has 3 atom stereocenters. The van der Waals surface area contributed by atoms with Gasteiger partial charge < -0.3 is 31.2 Å². The fourth-order valence-electron chi connectivity index (χ4n) is 5.24. The van der Waals surface area contributed by atoms with Crippen LogP contribution in [0.25, 0.3) is 5.69 Å². The summed E-state index contributed by atoms with van der Waals surface area (Å²) in [6.45, 7) is 7.47. The van der Waals surface area contributed by atoms with E-state index in [2.05, 4.69) is 36.1 Å². The predicted molar refractivity (Wildman–Crippen MR) is 169 cm³/mol. The van der Waals surface area contributed by atoms with Crippen molar-refractivity contribution in [2.75, 3.05) is 10.6 Å². The van der Waals surface area contributed by atoms with Crippen LogP contribution in [0.15, 0.2) is 61.1 Å². The highest BCUT2D eigenvalue weighted by Crippen LogP contribution is 2.30. The number of anilines is 3. The van der Waals surface area contributed by atoms with Gasteiger partial charge in [-0.2, -0.15) is 10.2 Å². The van der Waals surface area contributed by atoms with Crippen molar-refractivity contribution in [3.05, 3.63) is 83.7 Å².